The number of ether oxygens (including phenoxy) is 3. The minimum Gasteiger partial charge on any atom is -0.418 e. The first kappa shape index (κ1) is 26.3. The number of methoxy groups -OCH3 is 2. The molecule has 5 heteroatoms. The third-order valence-electron chi connectivity index (χ3n) is 5.51. The predicted octanol–water partition coefficient (Wildman–Crippen LogP) is 5.37. The van der Waals surface area contributed by atoms with Gasteiger partial charge in [-0.15, -0.1) is 0 Å². The second kappa shape index (κ2) is 13.0. The summed E-state index contributed by atoms with van der Waals surface area (Å²) in [6, 6.07) is 39.3. The largest absolute Gasteiger partial charge is 0.418 e. The summed E-state index contributed by atoms with van der Waals surface area (Å²) in [6.07, 6.45) is 0. The third kappa shape index (κ3) is 5.52. The fourth-order valence-corrected chi connectivity index (χ4v) is 8.79. The molecule has 5 rings (SSSR count). The fraction of sp³-hybridized carbons (Fsp3) is 0.167. The molecule has 0 bridgehead atoms. The zero-order valence-electron chi connectivity index (χ0n) is 20.6. The molecule has 1 aliphatic heterocycles. The Morgan fingerprint density at radius 3 is 1.31 bits per heavy atom. The summed E-state index contributed by atoms with van der Waals surface area (Å²) in [4.78, 5) is 12.8. The number of carbonyl (C=O) groups excluding carboxylic acids is 1. The number of carbonyl (C=O) groups is 1. The van der Waals surface area contributed by atoms with Crippen LogP contribution in [0.3, 0.4) is 0 Å². The third-order valence-corrected chi connectivity index (χ3v) is 9.93. The van der Waals surface area contributed by atoms with Crippen LogP contribution in [-0.4, -0.2) is 34.4 Å². The van der Waals surface area contributed by atoms with Crippen molar-refractivity contribution in [2.24, 2.45) is 0 Å². The fourth-order valence-electron chi connectivity index (χ4n) is 4.26. The molecule has 0 fully saturated rings. The van der Waals surface area contributed by atoms with E-state index in [1.54, 1.807) is 28.4 Å². The summed E-state index contributed by atoms with van der Waals surface area (Å²) in [7, 11) is 4.19. The number of hydrogen-bond donors (Lipinski definition) is 0. The molecule has 1 heterocycles. The van der Waals surface area contributed by atoms with Crippen molar-refractivity contribution >= 4 is 29.1 Å². The Hall–Kier alpha value is -3.30. The van der Waals surface area contributed by atoms with E-state index in [0.717, 1.165) is 5.56 Å². The molecular formula is C30H32O4P+. The van der Waals surface area contributed by atoms with E-state index in [2.05, 4.69) is 82.3 Å². The lowest BCUT2D eigenvalue weighted by atomic mass is 10.1. The van der Waals surface area contributed by atoms with Gasteiger partial charge in [0.25, 0.3) is 0 Å². The Bertz CT molecular complexity index is 1080. The molecule has 0 N–H and O–H groups in total. The van der Waals surface area contributed by atoms with Crippen LogP contribution in [-0.2, 0) is 14.2 Å². The maximum atomic E-state index is 12.8. The van der Waals surface area contributed by atoms with Gasteiger partial charge in [0.15, 0.2) is 7.26 Å². The quantitative estimate of drug-likeness (QED) is 0.287. The molecule has 1 aliphatic rings. The van der Waals surface area contributed by atoms with Crippen molar-refractivity contribution in [3.8, 4) is 0 Å². The number of hydrogen-bond acceptors (Lipinski definition) is 4. The van der Waals surface area contributed by atoms with Gasteiger partial charge < -0.3 is 14.2 Å². The maximum absolute atomic E-state index is 12.8. The summed E-state index contributed by atoms with van der Waals surface area (Å²) in [5.41, 5.74) is 1.65. The zero-order chi connectivity index (χ0) is 25.1. The van der Waals surface area contributed by atoms with Crippen LogP contribution >= 0.6 is 7.26 Å². The molecule has 0 saturated heterocycles. The summed E-state index contributed by atoms with van der Waals surface area (Å²) >= 11 is 0. The first-order valence-electron chi connectivity index (χ1n) is 11.3. The van der Waals surface area contributed by atoms with Crippen LogP contribution in [0.1, 0.15) is 21.8 Å². The molecule has 0 radical (unpaired) electrons. The molecule has 1 atom stereocenters. The average molecular weight is 488 g/mol. The molecular weight excluding hydrogens is 455 g/mol. The number of benzene rings is 4. The van der Waals surface area contributed by atoms with E-state index in [1.165, 1.54) is 15.9 Å². The Labute approximate surface area is 208 Å². The zero-order valence-corrected chi connectivity index (χ0v) is 21.5. The molecule has 35 heavy (non-hydrogen) atoms. The highest BCUT2D eigenvalue weighted by atomic mass is 31.2. The van der Waals surface area contributed by atoms with E-state index in [4.69, 9.17) is 4.74 Å². The maximum Gasteiger partial charge on any atom is 0.342 e. The lowest BCUT2D eigenvalue weighted by Crippen LogP contribution is -2.35. The van der Waals surface area contributed by atoms with E-state index < -0.39 is 7.26 Å². The van der Waals surface area contributed by atoms with Gasteiger partial charge in [-0.05, 0) is 42.5 Å². The summed E-state index contributed by atoms with van der Waals surface area (Å²) in [5, 5.41) is 3.60. The highest BCUT2D eigenvalue weighted by Crippen LogP contribution is 2.68. The lowest BCUT2D eigenvalue weighted by Gasteiger charge is -2.31. The van der Waals surface area contributed by atoms with E-state index in [1.807, 2.05) is 42.5 Å². The predicted molar refractivity (Wildman–Crippen MR) is 146 cm³/mol. The minimum atomic E-state index is -2.31. The molecule has 0 amide bonds. The van der Waals surface area contributed by atoms with E-state index in [-0.39, 0.29) is 11.8 Å². The normalized spacial score (nSPS) is 13.9. The standard InChI is InChI=1S/C26H20O2P.2C2H6O/c27-25-23-18-10-11-19-24(23)26(28-25)29(20-12-4-1-5-13-20,21-14-6-2-7-15-21)22-16-8-3-9-17-22;2*1-3-2/h1-19,26H;2*1-2H3/q+1;;. The first-order valence-corrected chi connectivity index (χ1v) is 13.2. The molecule has 1 unspecified atom stereocenters. The second-order valence-electron chi connectivity index (χ2n) is 7.89. The van der Waals surface area contributed by atoms with Crippen molar-refractivity contribution in [3.63, 3.8) is 0 Å². The number of esters is 1. The molecule has 0 saturated carbocycles. The van der Waals surface area contributed by atoms with Gasteiger partial charge in [0, 0.05) is 34.0 Å². The van der Waals surface area contributed by atoms with Crippen LogP contribution in [0.15, 0.2) is 115 Å². The number of rotatable bonds is 4. The first-order chi connectivity index (χ1) is 17.1. The van der Waals surface area contributed by atoms with Gasteiger partial charge in [-0.2, -0.15) is 0 Å². The second-order valence-corrected chi connectivity index (χ2v) is 11.4. The van der Waals surface area contributed by atoms with Crippen LogP contribution < -0.4 is 15.9 Å². The van der Waals surface area contributed by atoms with Crippen LogP contribution in [0.2, 0.25) is 0 Å². The SMILES string of the molecule is COC.COC.O=C1OC([P+](c2ccccc2)(c2ccccc2)c2ccccc2)c2ccccc21. The van der Waals surface area contributed by atoms with Crippen molar-refractivity contribution < 1.29 is 19.0 Å². The number of fused-ring (bicyclic) bond motifs is 1. The van der Waals surface area contributed by atoms with Gasteiger partial charge in [0.05, 0.1) is 5.56 Å². The molecule has 0 aliphatic carbocycles. The van der Waals surface area contributed by atoms with Gasteiger partial charge in [-0.3, -0.25) is 0 Å². The van der Waals surface area contributed by atoms with Crippen LogP contribution in [0.25, 0.3) is 0 Å². The molecule has 180 valence electrons. The average Bonchev–Trinajstić information content (AvgIpc) is 3.24. The van der Waals surface area contributed by atoms with Crippen LogP contribution in [0.4, 0.5) is 0 Å². The van der Waals surface area contributed by atoms with Gasteiger partial charge in [-0.25, -0.2) is 4.79 Å². The highest BCUT2D eigenvalue weighted by molar-refractivity contribution is 7.95. The molecule has 4 aromatic rings. The summed E-state index contributed by atoms with van der Waals surface area (Å²) in [5.74, 6) is -0.587. The van der Waals surface area contributed by atoms with Crippen molar-refractivity contribution in [1.29, 1.82) is 0 Å². The van der Waals surface area contributed by atoms with E-state index in [9.17, 15) is 4.79 Å². The Morgan fingerprint density at radius 1 is 0.571 bits per heavy atom. The Morgan fingerprint density at radius 2 is 0.914 bits per heavy atom. The van der Waals surface area contributed by atoms with Crippen molar-refractivity contribution in [1.82, 2.24) is 0 Å². The van der Waals surface area contributed by atoms with E-state index >= 15 is 0 Å². The Kier molecular flexibility index (Phi) is 9.75. The lowest BCUT2D eigenvalue weighted by molar-refractivity contribution is 0.0514. The van der Waals surface area contributed by atoms with Gasteiger partial charge in [-0.1, -0.05) is 72.8 Å². The van der Waals surface area contributed by atoms with Crippen molar-refractivity contribution in [2.45, 2.75) is 5.85 Å². The van der Waals surface area contributed by atoms with Crippen molar-refractivity contribution in [2.75, 3.05) is 28.4 Å². The van der Waals surface area contributed by atoms with Crippen molar-refractivity contribution in [3.05, 3.63) is 126 Å². The molecule has 4 nitrogen and oxygen atoms in total. The van der Waals surface area contributed by atoms with Crippen LogP contribution in [0.5, 0.6) is 0 Å². The summed E-state index contributed by atoms with van der Waals surface area (Å²) < 4.78 is 14.7. The smallest absolute Gasteiger partial charge is 0.342 e. The monoisotopic (exact) mass is 487 g/mol. The molecule has 0 spiro atoms. The van der Waals surface area contributed by atoms with E-state index in [0.29, 0.717) is 5.56 Å². The molecule has 0 aromatic heterocycles. The minimum absolute atomic E-state index is 0.238. The Balaban J connectivity index is 0.000000520. The highest BCUT2D eigenvalue weighted by Gasteiger charge is 2.58. The summed E-state index contributed by atoms with van der Waals surface area (Å²) in [6.45, 7) is 0. The molecule has 4 aromatic carbocycles. The van der Waals surface area contributed by atoms with Crippen LogP contribution in [0, 0.1) is 0 Å². The topological polar surface area (TPSA) is 44.8 Å². The van der Waals surface area contributed by atoms with Gasteiger partial charge in [0.1, 0.15) is 15.9 Å². The van der Waals surface area contributed by atoms with Gasteiger partial charge in [0.2, 0.25) is 5.85 Å². The van der Waals surface area contributed by atoms with Gasteiger partial charge >= 0.3 is 5.97 Å². The number of cyclic esters (lactones) is 1.